The number of nitrogens with zero attached hydrogens (tertiary/aromatic N) is 6. The van der Waals surface area contributed by atoms with Crippen molar-refractivity contribution in [1.82, 2.24) is 24.4 Å². The van der Waals surface area contributed by atoms with Crippen molar-refractivity contribution in [3.05, 3.63) is 66.5 Å². The summed E-state index contributed by atoms with van der Waals surface area (Å²) >= 11 is 0. The summed E-state index contributed by atoms with van der Waals surface area (Å²) < 4.78 is 2.30. The van der Waals surface area contributed by atoms with Gasteiger partial charge in [0.25, 0.3) is 0 Å². The van der Waals surface area contributed by atoms with Crippen LogP contribution in [0.4, 0.5) is 11.5 Å². The number of likely N-dealkylation sites (N-methyl/N-ethyl adjacent to an activating group) is 1. The van der Waals surface area contributed by atoms with Gasteiger partial charge in [-0.1, -0.05) is 49.6 Å². The van der Waals surface area contributed by atoms with Crippen LogP contribution >= 0.6 is 0 Å². The van der Waals surface area contributed by atoms with Gasteiger partial charge in [-0.3, -0.25) is 0 Å². The molecule has 1 N–H and O–H groups in total. The van der Waals surface area contributed by atoms with Crippen molar-refractivity contribution < 1.29 is 0 Å². The van der Waals surface area contributed by atoms with Gasteiger partial charge in [-0.15, -0.1) is 0 Å². The summed E-state index contributed by atoms with van der Waals surface area (Å²) in [6.07, 6.45) is 8.23. The lowest BCUT2D eigenvalue weighted by Crippen LogP contribution is -2.44. The number of hydrogen-bond acceptors (Lipinski definition) is 6. The average Bonchev–Trinajstić information content (AvgIpc) is 3.38. The summed E-state index contributed by atoms with van der Waals surface area (Å²) in [5, 5.41) is 3.56. The summed E-state index contributed by atoms with van der Waals surface area (Å²) in [6, 6.07) is 19.7. The molecule has 186 valence electrons. The normalized spacial score (nSPS) is 17.5. The molecule has 7 heteroatoms. The second kappa shape index (κ2) is 10.3. The summed E-state index contributed by atoms with van der Waals surface area (Å²) in [5.41, 5.74) is 5.31. The Morgan fingerprint density at radius 3 is 2.36 bits per heavy atom. The molecule has 0 bridgehead atoms. The standard InChI is InChI=1S/C29H35N7/c1-34-16-18-35(19-17-34)24-14-12-23(13-15-24)27-32-28(30-20-22-8-4-2-5-9-22)26-29(33-27)36(21-31-26)25-10-6-3-7-11-25/h2,4-5,8-9,12-15,21,25H,3,6-7,10-11,16-20H2,1H3,(H,30,32,33). The predicted molar refractivity (Wildman–Crippen MR) is 146 cm³/mol. The Kier molecular flexibility index (Phi) is 6.55. The molecule has 1 aliphatic carbocycles. The number of aromatic nitrogens is 4. The van der Waals surface area contributed by atoms with Crippen LogP contribution in [0.3, 0.4) is 0 Å². The van der Waals surface area contributed by atoms with E-state index in [9.17, 15) is 0 Å². The topological polar surface area (TPSA) is 62.1 Å². The zero-order valence-electron chi connectivity index (χ0n) is 21.1. The zero-order valence-corrected chi connectivity index (χ0v) is 21.1. The van der Waals surface area contributed by atoms with E-state index in [0.29, 0.717) is 12.6 Å². The van der Waals surface area contributed by atoms with Gasteiger partial charge in [-0.2, -0.15) is 0 Å². The number of imidazole rings is 1. The molecule has 0 atom stereocenters. The lowest BCUT2D eigenvalue weighted by Gasteiger charge is -2.34. The average molecular weight is 482 g/mol. The molecule has 2 aliphatic rings. The van der Waals surface area contributed by atoms with Crippen LogP contribution in [0.5, 0.6) is 0 Å². The second-order valence-corrected chi connectivity index (χ2v) is 10.2. The van der Waals surface area contributed by atoms with E-state index >= 15 is 0 Å². The van der Waals surface area contributed by atoms with Gasteiger partial charge in [0.15, 0.2) is 17.3 Å². The predicted octanol–water partition coefficient (Wildman–Crippen LogP) is 5.36. The van der Waals surface area contributed by atoms with Gasteiger partial charge in [-0.25, -0.2) is 15.0 Å². The Bertz CT molecular complexity index is 1280. The SMILES string of the molecule is CN1CCN(c2ccc(-c3nc(NCc4ccccc4)c4ncn(C5CCCCC5)c4n3)cc2)CC1. The monoisotopic (exact) mass is 481 g/mol. The summed E-state index contributed by atoms with van der Waals surface area (Å²) in [5.74, 6) is 1.55. The van der Waals surface area contributed by atoms with Gasteiger partial charge in [0, 0.05) is 50.0 Å². The Hall–Kier alpha value is -3.45. The molecule has 4 aromatic rings. The summed E-state index contributed by atoms with van der Waals surface area (Å²) in [7, 11) is 2.19. The first-order chi connectivity index (χ1) is 17.7. The van der Waals surface area contributed by atoms with E-state index in [1.807, 2.05) is 12.4 Å². The maximum absolute atomic E-state index is 5.08. The third-order valence-corrected chi connectivity index (χ3v) is 7.69. The fourth-order valence-electron chi connectivity index (χ4n) is 5.46. The first-order valence-electron chi connectivity index (χ1n) is 13.3. The number of anilines is 2. The van der Waals surface area contributed by atoms with Crippen molar-refractivity contribution in [3.63, 3.8) is 0 Å². The molecule has 0 spiro atoms. The third-order valence-electron chi connectivity index (χ3n) is 7.69. The molecule has 0 amide bonds. The minimum absolute atomic E-state index is 0.466. The smallest absolute Gasteiger partial charge is 0.166 e. The second-order valence-electron chi connectivity index (χ2n) is 10.2. The van der Waals surface area contributed by atoms with Gasteiger partial charge < -0.3 is 19.7 Å². The molecule has 6 rings (SSSR count). The van der Waals surface area contributed by atoms with E-state index in [4.69, 9.17) is 15.0 Å². The van der Waals surface area contributed by atoms with E-state index in [1.54, 1.807) is 0 Å². The molecule has 2 fully saturated rings. The Labute approximate surface area is 213 Å². The lowest BCUT2D eigenvalue weighted by molar-refractivity contribution is 0.313. The molecule has 3 heterocycles. The molecule has 2 aromatic heterocycles. The van der Waals surface area contributed by atoms with E-state index in [1.165, 1.54) is 43.4 Å². The van der Waals surface area contributed by atoms with Crippen LogP contribution < -0.4 is 10.2 Å². The van der Waals surface area contributed by atoms with E-state index in [2.05, 4.69) is 75.3 Å². The highest BCUT2D eigenvalue weighted by atomic mass is 15.2. The van der Waals surface area contributed by atoms with E-state index in [0.717, 1.165) is 54.5 Å². The number of benzene rings is 2. The van der Waals surface area contributed by atoms with Crippen molar-refractivity contribution in [3.8, 4) is 11.4 Å². The first kappa shape index (κ1) is 23.0. The number of piperazine rings is 1. The van der Waals surface area contributed by atoms with Crippen LogP contribution in [0.2, 0.25) is 0 Å². The van der Waals surface area contributed by atoms with E-state index < -0.39 is 0 Å². The Morgan fingerprint density at radius 1 is 0.861 bits per heavy atom. The molecule has 2 aromatic carbocycles. The van der Waals surface area contributed by atoms with Crippen LogP contribution in [0.1, 0.15) is 43.7 Å². The number of hydrogen-bond donors (Lipinski definition) is 1. The summed E-state index contributed by atoms with van der Waals surface area (Å²) in [6.45, 7) is 5.02. The van der Waals surface area contributed by atoms with Crippen LogP contribution in [-0.2, 0) is 6.54 Å². The quantitative estimate of drug-likeness (QED) is 0.400. The van der Waals surface area contributed by atoms with Crippen molar-refractivity contribution >= 4 is 22.7 Å². The minimum Gasteiger partial charge on any atom is -0.369 e. The van der Waals surface area contributed by atoms with Crippen molar-refractivity contribution in [2.75, 3.05) is 43.4 Å². The number of rotatable bonds is 6. The highest BCUT2D eigenvalue weighted by Gasteiger charge is 2.21. The van der Waals surface area contributed by atoms with Gasteiger partial charge in [0.2, 0.25) is 0 Å². The van der Waals surface area contributed by atoms with Crippen LogP contribution in [-0.4, -0.2) is 57.6 Å². The molecule has 0 unspecified atom stereocenters. The van der Waals surface area contributed by atoms with Crippen LogP contribution in [0.15, 0.2) is 60.9 Å². The van der Waals surface area contributed by atoms with Gasteiger partial charge in [-0.05, 0) is 49.7 Å². The highest BCUT2D eigenvalue weighted by molar-refractivity contribution is 5.85. The minimum atomic E-state index is 0.466. The molecular formula is C29H35N7. The van der Waals surface area contributed by atoms with E-state index in [-0.39, 0.29) is 0 Å². The first-order valence-corrected chi connectivity index (χ1v) is 13.3. The maximum atomic E-state index is 5.08. The van der Waals surface area contributed by atoms with Crippen molar-refractivity contribution in [1.29, 1.82) is 0 Å². The largest absolute Gasteiger partial charge is 0.369 e. The fourth-order valence-corrected chi connectivity index (χ4v) is 5.46. The Morgan fingerprint density at radius 2 is 1.61 bits per heavy atom. The molecule has 7 nitrogen and oxygen atoms in total. The zero-order chi connectivity index (χ0) is 24.3. The maximum Gasteiger partial charge on any atom is 0.166 e. The molecule has 1 aliphatic heterocycles. The van der Waals surface area contributed by atoms with Crippen LogP contribution in [0.25, 0.3) is 22.6 Å². The van der Waals surface area contributed by atoms with Crippen molar-refractivity contribution in [2.45, 2.75) is 44.7 Å². The lowest BCUT2D eigenvalue weighted by atomic mass is 9.95. The van der Waals surface area contributed by atoms with Gasteiger partial charge >= 0.3 is 0 Å². The van der Waals surface area contributed by atoms with Crippen LogP contribution in [0, 0.1) is 0 Å². The number of fused-ring (bicyclic) bond motifs is 1. The van der Waals surface area contributed by atoms with Gasteiger partial charge in [0.05, 0.1) is 6.33 Å². The summed E-state index contributed by atoms with van der Waals surface area (Å²) in [4.78, 5) is 19.7. The van der Waals surface area contributed by atoms with Crippen molar-refractivity contribution in [2.24, 2.45) is 0 Å². The molecule has 36 heavy (non-hydrogen) atoms. The molecule has 1 saturated heterocycles. The molecule has 0 radical (unpaired) electrons. The Balaban J connectivity index is 1.34. The highest BCUT2D eigenvalue weighted by Crippen LogP contribution is 2.33. The fraction of sp³-hybridized carbons (Fsp3) is 0.414. The van der Waals surface area contributed by atoms with Gasteiger partial charge in [0.1, 0.15) is 5.52 Å². The molecular weight excluding hydrogens is 446 g/mol. The third kappa shape index (κ3) is 4.80. The number of nitrogens with one attached hydrogen (secondary N) is 1. The molecule has 1 saturated carbocycles.